The van der Waals surface area contributed by atoms with Crippen LogP contribution in [-0.4, -0.2) is 77.6 Å². The standard InChI is InChI=1S/C26H30ClN5O3/c1-4-30(5-2)25(33)18-11-12-22-20(17-18)24(29-23(28-22)19-9-7-8-10-21(19)27)31-13-15-32(16-14-31)26(34)35-6-3/h7-12,17H,4-6,13-16H2,1-3H3. The first-order chi connectivity index (χ1) is 17.0. The second-order valence-corrected chi connectivity index (χ2v) is 8.64. The van der Waals surface area contributed by atoms with Gasteiger partial charge in [0.15, 0.2) is 5.82 Å². The van der Waals surface area contributed by atoms with Crippen molar-refractivity contribution in [2.75, 3.05) is 50.8 Å². The fourth-order valence-corrected chi connectivity index (χ4v) is 4.48. The molecular weight excluding hydrogens is 466 g/mol. The van der Waals surface area contributed by atoms with E-state index in [-0.39, 0.29) is 12.0 Å². The lowest BCUT2D eigenvalue weighted by Gasteiger charge is -2.35. The highest BCUT2D eigenvalue weighted by Crippen LogP contribution is 2.32. The highest BCUT2D eigenvalue weighted by Gasteiger charge is 2.25. The molecule has 0 atom stereocenters. The Hall–Kier alpha value is -3.39. The second-order valence-electron chi connectivity index (χ2n) is 8.23. The number of rotatable bonds is 6. The molecule has 0 N–H and O–H groups in total. The van der Waals surface area contributed by atoms with Gasteiger partial charge in [-0.15, -0.1) is 0 Å². The molecule has 2 aromatic carbocycles. The fourth-order valence-electron chi connectivity index (χ4n) is 4.26. The van der Waals surface area contributed by atoms with Gasteiger partial charge in [-0.3, -0.25) is 4.79 Å². The van der Waals surface area contributed by atoms with Crippen LogP contribution in [0.2, 0.25) is 5.02 Å². The molecule has 3 aromatic rings. The molecule has 4 rings (SSSR count). The van der Waals surface area contributed by atoms with Gasteiger partial charge in [0.05, 0.1) is 17.1 Å². The summed E-state index contributed by atoms with van der Waals surface area (Å²) in [5.41, 5.74) is 2.07. The molecule has 184 valence electrons. The number of hydrogen-bond acceptors (Lipinski definition) is 6. The van der Waals surface area contributed by atoms with Gasteiger partial charge in [-0.25, -0.2) is 14.8 Å². The molecule has 1 aliphatic rings. The minimum absolute atomic E-state index is 0.0230. The number of hydrogen-bond donors (Lipinski definition) is 0. The Morgan fingerprint density at radius 3 is 2.37 bits per heavy atom. The maximum absolute atomic E-state index is 13.0. The summed E-state index contributed by atoms with van der Waals surface area (Å²) >= 11 is 6.46. The van der Waals surface area contributed by atoms with E-state index in [9.17, 15) is 9.59 Å². The van der Waals surface area contributed by atoms with Crippen molar-refractivity contribution < 1.29 is 14.3 Å². The molecule has 0 radical (unpaired) electrons. The van der Waals surface area contributed by atoms with Crippen LogP contribution in [0.3, 0.4) is 0 Å². The van der Waals surface area contributed by atoms with E-state index in [2.05, 4.69) is 4.90 Å². The van der Waals surface area contributed by atoms with E-state index < -0.39 is 0 Å². The van der Waals surface area contributed by atoms with Crippen LogP contribution in [0, 0.1) is 0 Å². The van der Waals surface area contributed by atoms with Crippen LogP contribution in [0.5, 0.6) is 0 Å². The van der Waals surface area contributed by atoms with E-state index in [1.807, 2.05) is 56.3 Å². The minimum Gasteiger partial charge on any atom is -0.450 e. The van der Waals surface area contributed by atoms with Gasteiger partial charge in [0.2, 0.25) is 0 Å². The summed E-state index contributed by atoms with van der Waals surface area (Å²) in [6.07, 6.45) is -0.302. The van der Waals surface area contributed by atoms with Gasteiger partial charge in [0, 0.05) is 55.8 Å². The number of aromatic nitrogens is 2. The molecule has 1 fully saturated rings. The van der Waals surface area contributed by atoms with Gasteiger partial charge >= 0.3 is 6.09 Å². The Bertz CT molecular complexity index is 1220. The van der Waals surface area contributed by atoms with E-state index in [0.29, 0.717) is 62.3 Å². The zero-order valence-corrected chi connectivity index (χ0v) is 21.1. The van der Waals surface area contributed by atoms with Gasteiger partial charge in [0.1, 0.15) is 5.82 Å². The third-order valence-corrected chi connectivity index (χ3v) is 6.52. The van der Waals surface area contributed by atoms with Crippen LogP contribution in [0.4, 0.5) is 10.6 Å². The molecule has 0 spiro atoms. The van der Waals surface area contributed by atoms with Crippen LogP contribution >= 0.6 is 11.6 Å². The maximum Gasteiger partial charge on any atom is 0.409 e. The van der Waals surface area contributed by atoms with Crippen molar-refractivity contribution in [2.45, 2.75) is 20.8 Å². The lowest BCUT2D eigenvalue weighted by Crippen LogP contribution is -2.49. The molecule has 8 nitrogen and oxygen atoms in total. The lowest BCUT2D eigenvalue weighted by atomic mass is 10.1. The zero-order chi connectivity index (χ0) is 24.9. The average molecular weight is 496 g/mol. The van der Waals surface area contributed by atoms with Crippen molar-refractivity contribution in [1.29, 1.82) is 0 Å². The molecule has 9 heteroatoms. The molecule has 2 amide bonds. The molecule has 1 aromatic heterocycles. The summed E-state index contributed by atoms with van der Waals surface area (Å²) in [4.78, 5) is 40.5. The Morgan fingerprint density at radius 1 is 1.00 bits per heavy atom. The zero-order valence-electron chi connectivity index (χ0n) is 20.3. The van der Waals surface area contributed by atoms with E-state index >= 15 is 0 Å². The van der Waals surface area contributed by atoms with Gasteiger partial charge in [-0.1, -0.05) is 23.7 Å². The second kappa shape index (κ2) is 10.9. The number of carbonyl (C=O) groups excluding carboxylic acids is 2. The van der Waals surface area contributed by atoms with Crippen molar-refractivity contribution in [3.63, 3.8) is 0 Å². The predicted octanol–water partition coefficient (Wildman–Crippen LogP) is 4.71. The minimum atomic E-state index is -0.302. The third-order valence-electron chi connectivity index (χ3n) is 6.19. The predicted molar refractivity (Wildman–Crippen MR) is 138 cm³/mol. The summed E-state index contributed by atoms with van der Waals surface area (Å²) in [7, 11) is 0. The largest absolute Gasteiger partial charge is 0.450 e. The van der Waals surface area contributed by atoms with E-state index in [0.717, 1.165) is 22.3 Å². The molecule has 1 saturated heterocycles. The number of halogens is 1. The number of benzene rings is 2. The summed E-state index contributed by atoms with van der Waals surface area (Å²) < 4.78 is 5.15. The highest BCUT2D eigenvalue weighted by molar-refractivity contribution is 6.33. The van der Waals surface area contributed by atoms with Gasteiger partial charge in [-0.2, -0.15) is 0 Å². The van der Waals surface area contributed by atoms with Crippen molar-refractivity contribution in [3.05, 3.63) is 53.1 Å². The SMILES string of the molecule is CCOC(=O)N1CCN(c2nc(-c3ccccc3Cl)nc3ccc(C(=O)N(CC)CC)cc23)CC1. The van der Waals surface area contributed by atoms with Crippen molar-refractivity contribution in [3.8, 4) is 11.4 Å². The van der Waals surface area contributed by atoms with Crippen LogP contribution in [-0.2, 0) is 4.74 Å². The normalized spacial score (nSPS) is 13.7. The van der Waals surface area contributed by atoms with Crippen molar-refractivity contribution in [2.24, 2.45) is 0 Å². The summed E-state index contributed by atoms with van der Waals surface area (Å²) in [5, 5.41) is 1.36. The molecule has 0 unspecified atom stereocenters. The monoisotopic (exact) mass is 495 g/mol. The van der Waals surface area contributed by atoms with Gasteiger partial charge < -0.3 is 19.4 Å². The first-order valence-corrected chi connectivity index (χ1v) is 12.4. The summed E-state index contributed by atoms with van der Waals surface area (Å²) in [5.74, 6) is 1.22. The van der Waals surface area contributed by atoms with Gasteiger partial charge in [-0.05, 0) is 51.1 Å². The molecule has 0 aliphatic carbocycles. The van der Waals surface area contributed by atoms with E-state index in [4.69, 9.17) is 26.3 Å². The van der Waals surface area contributed by atoms with Crippen LogP contribution in [0.25, 0.3) is 22.3 Å². The van der Waals surface area contributed by atoms with Crippen molar-refractivity contribution in [1.82, 2.24) is 19.8 Å². The number of fused-ring (bicyclic) bond motifs is 1. The molecule has 0 saturated carbocycles. The Labute approximate surface area is 210 Å². The quantitative estimate of drug-likeness (QED) is 0.492. The molecule has 1 aliphatic heterocycles. The molecule has 35 heavy (non-hydrogen) atoms. The molecule has 0 bridgehead atoms. The number of piperazine rings is 1. The Morgan fingerprint density at radius 2 is 1.71 bits per heavy atom. The van der Waals surface area contributed by atoms with Crippen molar-refractivity contribution >= 4 is 40.3 Å². The molecular formula is C26H30ClN5O3. The van der Waals surface area contributed by atoms with Crippen LogP contribution in [0.1, 0.15) is 31.1 Å². The average Bonchev–Trinajstić information content (AvgIpc) is 2.89. The lowest BCUT2D eigenvalue weighted by molar-refractivity contribution is 0.0773. The van der Waals surface area contributed by atoms with E-state index in [1.165, 1.54) is 0 Å². The summed E-state index contributed by atoms with van der Waals surface area (Å²) in [6.45, 7) is 9.56. The fraction of sp³-hybridized carbons (Fsp3) is 0.385. The topological polar surface area (TPSA) is 78.9 Å². The Kier molecular flexibility index (Phi) is 7.70. The van der Waals surface area contributed by atoms with Gasteiger partial charge in [0.25, 0.3) is 5.91 Å². The smallest absolute Gasteiger partial charge is 0.409 e. The number of ether oxygens (including phenoxy) is 1. The first-order valence-electron chi connectivity index (χ1n) is 12.0. The Balaban J connectivity index is 1.77. The van der Waals surface area contributed by atoms with Crippen LogP contribution < -0.4 is 4.90 Å². The van der Waals surface area contributed by atoms with E-state index in [1.54, 1.807) is 16.7 Å². The number of carbonyl (C=O) groups is 2. The highest BCUT2D eigenvalue weighted by atomic mass is 35.5. The third kappa shape index (κ3) is 5.17. The van der Waals surface area contributed by atoms with Crippen LogP contribution in [0.15, 0.2) is 42.5 Å². The maximum atomic E-state index is 13.0. The number of nitrogens with zero attached hydrogens (tertiary/aromatic N) is 5. The number of amides is 2. The molecule has 2 heterocycles. The number of anilines is 1. The summed E-state index contributed by atoms with van der Waals surface area (Å²) in [6, 6.07) is 13.0. The first kappa shape index (κ1) is 24.7.